The van der Waals surface area contributed by atoms with Crippen LogP contribution in [-0.4, -0.2) is 51.4 Å². The maximum Gasteiger partial charge on any atom is 0.150 e. The van der Waals surface area contributed by atoms with E-state index in [2.05, 4.69) is 16.4 Å². The molecule has 1 aromatic rings. The zero-order chi connectivity index (χ0) is 13.7. The van der Waals surface area contributed by atoms with Gasteiger partial charge in [0, 0.05) is 40.8 Å². The largest absolute Gasteiger partial charge is 0.395 e. The molecule has 98 valence electrons. The average molecular weight is 249 g/mol. The third kappa shape index (κ3) is 3.02. The van der Waals surface area contributed by atoms with E-state index in [0.717, 1.165) is 5.69 Å². The molecule has 18 heavy (non-hydrogen) atoms. The van der Waals surface area contributed by atoms with Crippen LogP contribution in [0.15, 0.2) is 6.07 Å². The number of nitrogens with one attached hydrogen (secondary N) is 1. The van der Waals surface area contributed by atoms with E-state index in [1.165, 1.54) is 0 Å². The highest BCUT2D eigenvalue weighted by molar-refractivity contribution is 5.73. The highest BCUT2D eigenvalue weighted by Gasteiger charge is 2.15. The van der Waals surface area contributed by atoms with Crippen molar-refractivity contribution in [2.45, 2.75) is 0 Å². The van der Waals surface area contributed by atoms with Crippen molar-refractivity contribution in [3.05, 3.63) is 11.6 Å². The predicted molar refractivity (Wildman–Crippen MR) is 73.2 cm³/mol. The van der Waals surface area contributed by atoms with Crippen molar-refractivity contribution in [1.29, 1.82) is 5.26 Å². The second kappa shape index (κ2) is 6.07. The molecule has 6 heteroatoms. The van der Waals surface area contributed by atoms with Crippen LogP contribution in [0.2, 0.25) is 0 Å². The molecule has 0 bridgehead atoms. The van der Waals surface area contributed by atoms with E-state index in [4.69, 9.17) is 5.11 Å². The van der Waals surface area contributed by atoms with E-state index in [-0.39, 0.29) is 6.61 Å². The fraction of sp³-hybridized carbons (Fsp3) is 0.500. The summed E-state index contributed by atoms with van der Waals surface area (Å²) < 4.78 is 0. The third-order valence-electron chi connectivity index (χ3n) is 2.41. The molecule has 1 aromatic heterocycles. The molecule has 0 unspecified atom stereocenters. The number of pyridine rings is 1. The lowest BCUT2D eigenvalue weighted by molar-refractivity contribution is 0.311. The number of nitrogens with zero attached hydrogens (tertiary/aromatic N) is 4. The van der Waals surface area contributed by atoms with Gasteiger partial charge in [0.2, 0.25) is 0 Å². The number of hydrogen-bond donors (Lipinski definition) is 2. The molecule has 0 fully saturated rings. The van der Waals surface area contributed by atoms with Crippen molar-refractivity contribution in [3.8, 4) is 6.07 Å². The first-order chi connectivity index (χ1) is 8.51. The second-order valence-corrected chi connectivity index (χ2v) is 4.28. The average Bonchev–Trinajstić information content (AvgIpc) is 2.34. The van der Waals surface area contributed by atoms with Crippen LogP contribution in [0, 0.1) is 11.3 Å². The number of aliphatic hydroxyl groups excluding tert-OH is 1. The van der Waals surface area contributed by atoms with Crippen molar-refractivity contribution in [3.63, 3.8) is 0 Å². The molecule has 0 aliphatic carbocycles. The molecule has 0 aromatic carbocycles. The smallest absolute Gasteiger partial charge is 0.150 e. The van der Waals surface area contributed by atoms with Gasteiger partial charge in [0.25, 0.3) is 0 Å². The number of hydrogen-bond acceptors (Lipinski definition) is 6. The Morgan fingerprint density at radius 3 is 2.44 bits per heavy atom. The zero-order valence-electron chi connectivity index (χ0n) is 11.2. The molecule has 0 aliphatic rings. The van der Waals surface area contributed by atoms with Gasteiger partial charge in [-0.05, 0) is 0 Å². The van der Waals surface area contributed by atoms with E-state index in [1.54, 1.807) is 11.0 Å². The van der Waals surface area contributed by atoms with Gasteiger partial charge in [0.05, 0.1) is 12.3 Å². The predicted octanol–water partition coefficient (Wildman–Crippen LogP) is 0.489. The van der Waals surface area contributed by atoms with Crippen LogP contribution in [0.3, 0.4) is 0 Å². The maximum absolute atomic E-state index is 9.26. The Morgan fingerprint density at radius 1 is 1.33 bits per heavy atom. The molecular weight excluding hydrogens is 230 g/mol. The Hall–Kier alpha value is -2.00. The van der Waals surface area contributed by atoms with E-state index in [1.807, 2.05) is 33.1 Å². The van der Waals surface area contributed by atoms with Gasteiger partial charge < -0.3 is 20.2 Å². The van der Waals surface area contributed by atoms with Crippen LogP contribution >= 0.6 is 0 Å². The fourth-order valence-corrected chi connectivity index (χ4v) is 1.58. The van der Waals surface area contributed by atoms with Crippen LogP contribution in [0.25, 0.3) is 0 Å². The molecular formula is C12H19N5O. The topological polar surface area (TPSA) is 75.4 Å². The van der Waals surface area contributed by atoms with Gasteiger partial charge in [-0.2, -0.15) is 5.26 Å². The van der Waals surface area contributed by atoms with Gasteiger partial charge in [-0.3, -0.25) is 0 Å². The van der Waals surface area contributed by atoms with Crippen LogP contribution < -0.4 is 15.1 Å². The Balaban J connectivity index is 3.31. The third-order valence-corrected chi connectivity index (χ3v) is 2.41. The van der Waals surface area contributed by atoms with Gasteiger partial charge in [0.15, 0.2) is 5.82 Å². The van der Waals surface area contributed by atoms with Gasteiger partial charge in [0.1, 0.15) is 17.5 Å². The first-order valence-electron chi connectivity index (χ1n) is 5.65. The zero-order valence-corrected chi connectivity index (χ0v) is 11.2. The lowest BCUT2D eigenvalue weighted by Crippen LogP contribution is -2.19. The molecule has 0 saturated heterocycles. The highest BCUT2D eigenvalue weighted by Crippen LogP contribution is 2.28. The summed E-state index contributed by atoms with van der Waals surface area (Å²) in [6, 6.07) is 3.99. The monoisotopic (exact) mass is 249 g/mol. The van der Waals surface area contributed by atoms with Crippen molar-refractivity contribution in [2.75, 3.05) is 56.5 Å². The highest BCUT2D eigenvalue weighted by atomic mass is 16.3. The summed E-state index contributed by atoms with van der Waals surface area (Å²) in [5.41, 5.74) is 1.34. The lowest BCUT2D eigenvalue weighted by Gasteiger charge is -2.21. The minimum absolute atomic E-state index is 0.0380. The van der Waals surface area contributed by atoms with Crippen molar-refractivity contribution in [2.24, 2.45) is 0 Å². The minimum Gasteiger partial charge on any atom is -0.395 e. The van der Waals surface area contributed by atoms with Crippen LogP contribution in [-0.2, 0) is 0 Å². The van der Waals surface area contributed by atoms with E-state index < -0.39 is 0 Å². The molecule has 0 saturated carbocycles. The Kier molecular flexibility index (Phi) is 4.75. The normalized spacial score (nSPS) is 9.78. The van der Waals surface area contributed by atoms with Gasteiger partial charge in [-0.1, -0.05) is 0 Å². The van der Waals surface area contributed by atoms with Crippen LogP contribution in [0.1, 0.15) is 5.56 Å². The molecule has 1 rings (SSSR count). The van der Waals surface area contributed by atoms with Crippen molar-refractivity contribution < 1.29 is 5.11 Å². The number of rotatable bonds is 5. The summed E-state index contributed by atoms with van der Waals surface area (Å²) in [6.45, 7) is 0.467. The van der Waals surface area contributed by atoms with Gasteiger partial charge in [-0.25, -0.2) is 4.98 Å². The fourth-order valence-electron chi connectivity index (χ4n) is 1.58. The summed E-state index contributed by atoms with van der Waals surface area (Å²) in [7, 11) is 7.45. The molecule has 0 amide bonds. The van der Waals surface area contributed by atoms with Crippen LogP contribution in [0.5, 0.6) is 0 Å². The molecule has 2 N–H and O–H groups in total. The summed E-state index contributed by atoms with van der Waals surface area (Å²) in [5, 5.41) is 21.1. The summed E-state index contributed by atoms with van der Waals surface area (Å²) in [6.07, 6.45) is 0. The number of nitriles is 1. The first kappa shape index (κ1) is 14.1. The van der Waals surface area contributed by atoms with E-state index in [9.17, 15) is 5.26 Å². The first-order valence-corrected chi connectivity index (χ1v) is 5.65. The molecule has 0 radical (unpaired) electrons. The van der Waals surface area contributed by atoms with E-state index in [0.29, 0.717) is 23.7 Å². The summed E-state index contributed by atoms with van der Waals surface area (Å²) in [4.78, 5) is 8.05. The number of anilines is 3. The van der Waals surface area contributed by atoms with E-state index >= 15 is 0 Å². The molecule has 0 atom stereocenters. The Labute approximate surface area is 107 Å². The molecule has 6 nitrogen and oxygen atoms in total. The summed E-state index contributed by atoms with van der Waals surface area (Å²) in [5.74, 6) is 1.26. The van der Waals surface area contributed by atoms with Crippen molar-refractivity contribution in [1.82, 2.24) is 4.98 Å². The minimum atomic E-state index is 0.0380. The molecule has 0 spiro atoms. The van der Waals surface area contributed by atoms with Crippen molar-refractivity contribution >= 4 is 17.3 Å². The van der Waals surface area contributed by atoms with Gasteiger partial charge in [-0.15, -0.1) is 0 Å². The second-order valence-electron chi connectivity index (χ2n) is 4.28. The SMILES string of the molecule is CN(C)c1cc(NCCO)nc(N(C)C)c1C#N. The molecule has 1 heterocycles. The maximum atomic E-state index is 9.26. The van der Waals surface area contributed by atoms with Crippen LogP contribution in [0.4, 0.5) is 17.3 Å². The van der Waals surface area contributed by atoms with Gasteiger partial charge >= 0.3 is 0 Å². The quantitative estimate of drug-likeness (QED) is 0.791. The number of aliphatic hydroxyl groups is 1. The Morgan fingerprint density at radius 2 is 2.00 bits per heavy atom. The molecule has 0 aliphatic heterocycles. The Bertz CT molecular complexity index is 421. The standard InChI is InChI=1S/C12H19N5O/c1-16(2)10-7-11(14-5-6-18)15-12(17(3)4)9(10)8-13/h7,18H,5-6H2,1-4H3,(H,14,15). The summed E-state index contributed by atoms with van der Waals surface area (Å²) >= 11 is 0. The lowest BCUT2D eigenvalue weighted by atomic mass is 10.2. The number of aromatic nitrogens is 1.